The summed E-state index contributed by atoms with van der Waals surface area (Å²) in [4.78, 5) is 35.7. The summed E-state index contributed by atoms with van der Waals surface area (Å²) in [5.41, 5.74) is 0.885. The summed E-state index contributed by atoms with van der Waals surface area (Å²) in [5.74, 6) is 0.509. The summed E-state index contributed by atoms with van der Waals surface area (Å²) < 4.78 is 5.49. The van der Waals surface area contributed by atoms with Crippen LogP contribution >= 0.6 is 11.8 Å². The summed E-state index contributed by atoms with van der Waals surface area (Å²) in [6.45, 7) is 3.17. The van der Waals surface area contributed by atoms with Crippen molar-refractivity contribution in [3.63, 3.8) is 0 Å². The minimum atomic E-state index is -0.270. The predicted molar refractivity (Wildman–Crippen MR) is 93.8 cm³/mol. The van der Waals surface area contributed by atoms with Crippen LogP contribution in [0.5, 0.6) is 5.75 Å². The fourth-order valence-electron chi connectivity index (χ4n) is 2.01. The number of carbonyl (C=O) groups excluding carboxylic acids is 3. The molecule has 128 valence electrons. The molecule has 1 saturated heterocycles. The molecule has 3 amide bonds. The number of hydrogen-bond acceptors (Lipinski definition) is 5. The summed E-state index contributed by atoms with van der Waals surface area (Å²) >= 11 is 0.986. The molecule has 7 heteroatoms. The Morgan fingerprint density at radius 2 is 2.08 bits per heavy atom. The van der Waals surface area contributed by atoms with E-state index in [0.717, 1.165) is 34.4 Å². The Hall–Kier alpha value is -2.28. The van der Waals surface area contributed by atoms with E-state index in [9.17, 15) is 14.4 Å². The van der Waals surface area contributed by atoms with Gasteiger partial charge < -0.3 is 10.1 Å². The highest BCUT2D eigenvalue weighted by Gasteiger charge is 2.29. The number of ether oxygens (including phenoxy) is 1. The molecule has 0 radical (unpaired) electrons. The smallest absolute Gasteiger partial charge is 0.288 e. The number of benzene rings is 1. The SMILES string of the molecule is CCCOc1ccc(/C=C/C(=O)NCCN2C(=O)CSC2=O)cc1. The maximum absolute atomic E-state index is 11.7. The highest BCUT2D eigenvalue weighted by Crippen LogP contribution is 2.17. The van der Waals surface area contributed by atoms with Crippen molar-refractivity contribution in [1.82, 2.24) is 10.2 Å². The normalized spacial score (nSPS) is 14.5. The zero-order chi connectivity index (χ0) is 17.4. The minimum absolute atomic E-state index is 0.185. The van der Waals surface area contributed by atoms with Gasteiger partial charge in [0.15, 0.2) is 0 Å². The average Bonchev–Trinajstić information content (AvgIpc) is 2.91. The van der Waals surface area contributed by atoms with E-state index in [1.165, 1.54) is 6.08 Å². The second kappa shape index (κ2) is 9.12. The van der Waals surface area contributed by atoms with Gasteiger partial charge in [-0.2, -0.15) is 0 Å². The molecule has 2 rings (SSSR count). The Morgan fingerprint density at radius 1 is 1.33 bits per heavy atom. The molecule has 24 heavy (non-hydrogen) atoms. The monoisotopic (exact) mass is 348 g/mol. The van der Waals surface area contributed by atoms with Crippen LogP contribution in [0.15, 0.2) is 30.3 Å². The first kappa shape index (κ1) is 18.1. The molecule has 0 aliphatic carbocycles. The number of carbonyl (C=O) groups is 3. The average molecular weight is 348 g/mol. The number of imide groups is 1. The summed E-state index contributed by atoms with van der Waals surface area (Å²) in [7, 11) is 0. The number of nitrogens with one attached hydrogen (secondary N) is 1. The lowest BCUT2D eigenvalue weighted by molar-refractivity contribution is -0.125. The fraction of sp³-hybridized carbons (Fsp3) is 0.353. The van der Waals surface area contributed by atoms with Crippen LogP contribution < -0.4 is 10.1 Å². The van der Waals surface area contributed by atoms with Gasteiger partial charge in [-0.05, 0) is 30.2 Å². The lowest BCUT2D eigenvalue weighted by atomic mass is 10.2. The van der Waals surface area contributed by atoms with Gasteiger partial charge in [-0.1, -0.05) is 30.8 Å². The highest BCUT2D eigenvalue weighted by atomic mass is 32.2. The van der Waals surface area contributed by atoms with Gasteiger partial charge in [-0.25, -0.2) is 0 Å². The molecule has 1 aliphatic rings. The van der Waals surface area contributed by atoms with Crippen molar-refractivity contribution >= 4 is 34.9 Å². The number of nitrogens with zero attached hydrogens (tertiary/aromatic N) is 1. The number of hydrogen-bond donors (Lipinski definition) is 1. The lowest BCUT2D eigenvalue weighted by Crippen LogP contribution is -2.37. The molecular weight excluding hydrogens is 328 g/mol. The highest BCUT2D eigenvalue weighted by molar-refractivity contribution is 8.14. The van der Waals surface area contributed by atoms with Gasteiger partial charge in [-0.3, -0.25) is 19.3 Å². The topological polar surface area (TPSA) is 75.7 Å². The standard InChI is InChI=1S/C17H20N2O4S/c1-2-11-23-14-6-3-13(4-7-14)5-8-15(20)18-9-10-19-16(21)12-24-17(19)22/h3-8H,2,9-12H2,1H3,(H,18,20)/b8-5+. The number of thioether (sulfide) groups is 1. The molecule has 0 atom stereocenters. The third-order valence-corrected chi connectivity index (χ3v) is 4.11. The van der Waals surface area contributed by atoms with Crippen molar-refractivity contribution < 1.29 is 19.1 Å². The third-order valence-electron chi connectivity index (χ3n) is 3.26. The molecule has 1 aliphatic heterocycles. The van der Waals surface area contributed by atoms with Crippen LogP contribution in [0.25, 0.3) is 6.08 Å². The van der Waals surface area contributed by atoms with Crippen LogP contribution in [0.4, 0.5) is 4.79 Å². The second-order valence-electron chi connectivity index (χ2n) is 5.14. The summed E-state index contributed by atoms with van der Waals surface area (Å²) in [5, 5.41) is 2.40. The number of amides is 3. The Kier molecular flexibility index (Phi) is 6.87. The van der Waals surface area contributed by atoms with Crippen LogP contribution in [0.1, 0.15) is 18.9 Å². The molecule has 1 heterocycles. The maximum atomic E-state index is 11.7. The van der Waals surface area contributed by atoms with Crippen LogP contribution in [0.3, 0.4) is 0 Å². The van der Waals surface area contributed by atoms with Crippen molar-refractivity contribution in [1.29, 1.82) is 0 Å². The Balaban J connectivity index is 1.74. The van der Waals surface area contributed by atoms with E-state index in [-0.39, 0.29) is 35.9 Å². The quantitative estimate of drug-likeness (QED) is 0.730. The fourth-order valence-corrected chi connectivity index (χ4v) is 2.77. The van der Waals surface area contributed by atoms with Gasteiger partial charge in [0.05, 0.1) is 12.4 Å². The predicted octanol–water partition coefficient (Wildman–Crippen LogP) is 2.30. The second-order valence-corrected chi connectivity index (χ2v) is 6.07. The first-order valence-electron chi connectivity index (χ1n) is 7.76. The number of rotatable bonds is 8. The molecule has 0 aromatic heterocycles. The molecule has 1 fully saturated rings. The van der Waals surface area contributed by atoms with Crippen molar-refractivity contribution in [2.45, 2.75) is 13.3 Å². The summed E-state index contributed by atoms with van der Waals surface area (Å²) in [6, 6.07) is 7.45. The van der Waals surface area contributed by atoms with E-state index in [1.807, 2.05) is 31.2 Å². The first-order chi connectivity index (χ1) is 11.6. The van der Waals surface area contributed by atoms with E-state index < -0.39 is 0 Å². The van der Waals surface area contributed by atoms with Crippen molar-refractivity contribution in [3.8, 4) is 5.75 Å². The van der Waals surface area contributed by atoms with E-state index in [1.54, 1.807) is 6.08 Å². The molecule has 1 aromatic rings. The molecular formula is C17H20N2O4S. The van der Waals surface area contributed by atoms with Crippen LogP contribution in [-0.4, -0.2) is 47.4 Å². The Morgan fingerprint density at radius 3 is 2.71 bits per heavy atom. The Bertz CT molecular complexity index is 612. The zero-order valence-corrected chi connectivity index (χ0v) is 14.3. The van der Waals surface area contributed by atoms with E-state index in [0.29, 0.717) is 6.61 Å². The first-order valence-corrected chi connectivity index (χ1v) is 8.74. The van der Waals surface area contributed by atoms with Gasteiger partial charge >= 0.3 is 0 Å². The third kappa shape index (κ3) is 5.42. The molecule has 0 saturated carbocycles. The molecule has 1 aromatic carbocycles. The molecule has 1 N–H and O–H groups in total. The van der Waals surface area contributed by atoms with Crippen LogP contribution in [-0.2, 0) is 9.59 Å². The van der Waals surface area contributed by atoms with Gasteiger partial charge in [0.1, 0.15) is 5.75 Å². The molecule has 0 spiro atoms. The van der Waals surface area contributed by atoms with Gasteiger partial charge in [0.25, 0.3) is 5.24 Å². The van der Waals surface area contributed by atoms with Gasteiger partial charge in [0.2, 0.25) is 11.8 Å². The van der Waals surface area contributed by atoms with E-state index in [4.69, 9.17) is 4.74 Å². The maximum Gasteiger partial charge on any atom is 0.288 e. The zero-order valence-electron chi connectivity index (χ0n) is 13.5. The minimum Gasteiger partial charge on any atom is -0.494 e. The van der Waals surface area contributed by atoms with E-state index in [2.05, 4.69) is 5.32 Å². The Labute approximate surface area is 145 Å². The molecule has 0 bridgehead atoms. The van der Waals surface area contributed by atoms with Crippen molar-refractivity contribution in [3.05, 3.63) is 35.9 Å². The summed E-state index contributed by atoms with van der Waals surface area (Å²) in [6.07, 6.45) is 4.07. The van der Waals surface area contributed by atoms with Crippen molar-refractivity contribution in [2.75, 3.05) is 25.4 Å². The van der Waals surface area contributed by atoms with Crippen LogP contribution in [0.2, 0.25) is 0 Å². The van der Waals surface area contributed by atoms with Crippen molar-refractivity contribution in [2.24, 2.45) is 0 Å². The van der Waals surface area contributed by atoms with Gasteiger partial charge in [-0.15, -0.1) is 0 Å². The molecule has 0 unspecified atom stereocenters. The largest absolute Gasteiger partial charge is 0.494 e. The van der Waals surface area contributed by atoms with E-state index >= 15 is 0 Å². The lowest BCUT2D eigenvalue weighted by Gasteiger charge is -2.12. The molecule has 6 nitrogen and oxygen atoms in total. The van der Waals surface area contributed by atoms with Crippen LogP contribution in [0, 0.1) is 0 Å². The van der Waals surface area contributed by atoms with Gasteiger partial charge in [0, 0.05) is 19.2 Å².